The lowest BCUT2D eigenvalue weighted by Gasteiger charge is -2.22. The molecule has 3 rings (SSSR count). The Hall–Kier alpha value is -3.47. The molecule has 0 aliphatic heterocycles. The zero-order valence-corrected chi connectivity index (χ0v) is 21.1. The Balaban J connectivity index is 1.92. The first-order valence-electron chi connectivity index (χ1n) is 11.9. The molecule has 0 unspecified atom stereocenters. The molecule has 0 saturated carbocycles. The van der Waals surface area contributed by atoms with E-state index in [1.165, 1.54) is 0 Å². The number of amides is 1. The summed E-state index contributed by atoms with van der Waals surface area (Å²) in [6.07, 6.45) is 1.01. The van der Waals surface area contributed by atoms with Gasteiger partial charge in [0, 0.05) is 19.3 Å². The van der Waals surface area contributed by atoms with E-state index in [9.17, 15) is 4.79 Å². The fraction of sp³-hybridized carbons (Fsp3) is 0.345. The molecular formula is C29H36N2O3. The van der Waals surface area contributed by atoms with E-state index in [-0.39, 0.29) is 5.91 Å². The molecule has 0 heterocycles. The second kappa shape index (κ2) is 11.6. The van der Waals surface area contributed by atoms with E-state index in [4.69, 9.17) is 9.47 Å². The summed E-state index contributed by atoms with van der Waals surface area (Å²) in [7, 11) is 3.68. The average molecular weight is 461 g/mol. The molecule has 1 N–H and O–H groups in total. The largest absolute Gasteiger partial charge is 0.495 e. The highest BCUT2D eigenvalue weighted by atomic mass is 16.5. The Bertz CT molecular complexity index is 1110. The van der Waals surface area contributed by atoms with Crippen LogP contribution >= 0.6 is 0 Å². The van der Waals surface area contributed by atoms with Gasteiger partial charge in [-0.1, -0.05) is 51.1 Å². The number of hydrogen-bond donors (Lipinski definition) is 1. The van der Waals surface area contributed by atoms with Crippen LogP contribution in [0.1, 0.15) is 60.2 Å². The number of carbonyl (C=O) groups is 1. The maximum absolute atomic E-state index is 13.5. The number of aryl methyl sites for hydroxylation is 1. The minimum absolute atomic E-state index is 0.195. The summed E-state index contributed by atoms with van der Waals surface area (Å²) in [5.74, 6) is 1.46. The topological polar surface area (TPSA) is 50.8 Å². The summed E-state index contributed by atoms with van der Waals surface area (Å²) in [5.41, 5.74) is 5.49. The highest BCUT2D eigenvalue weighted by Gasteiger charge is 2.19. The second-order valence-electron chi connectivity index (χ2n) is 8.90. The number of rotatable bonds is 10. The molecule has 180 valence electrons. The Labute approximate surface area is 203 Å². The fourth-order valence-electron chi connectivity index (χ4n) is 4.07. The van der Waals surface area contributed by atoms with Crippen molar-refractivity contribution in [2.24, 2.45) is 0 Å². The SMILES string of the molecule is CCCN(C)c1cc(NC(=O)c2cc(C(C)C)c(C)cc2OCc2ccccc2)ccc1OC. The van der Waals surface area contributed by atoms with Crippen molar-refractivity contribution in [1.29, 1.82) is 0 Å². The van der Waals surface area contributed by atoms with Crippen LogP contribution in [0, 0.1) is 6.92 Å². The van der Waals surface area contributed by atoms with Crippen molar-refractivity contribution in [2.45, 2.75) is 46.6 Å². The molecule has 3 aromatic rings. The van der Waals surface area contributed by atoms with E-state index in [1.54, 1.807) is 7.11 Å². The van der Waals surface area contributed by atoms with Gasteiger partial charge in [0.1, 0.15) is 18.1 Å². The van der Waals surface area contributed by atoms with Crippen LogP contribution < -0.4 is 19.7 Å². The Kier molecular flexibility index (Phi) is 8.58. The smallest absolute Gasteiger partial charge is 0.259 e. The van der Waals surface area contributed by atoms with Crippen LogP contribution in [0.5, 0.6) is 11.5 Å². The number of anilines is 2. The van der Waals surface area contributed by atoms with E-state index in [0.29, 0.717) is 29.5 Å². The van der Waals surface area contributed by atoms with Crippen molar-refractivity contribution >= 4 is 17.3 Å². The lowest BCUT2D eigenvalue weighted by molar-refractivity contribution is 0.102. The van der Waals surface area contributed by atoms with Gasteiger partial charge in [-0.15, -0.1) is 0 Å². The van der Waals surface area contributed by atoms with Crippen molar-refractivity contribution in [3.8, 4) is 11.5 Å². The minimum atomic E-state index is -0.195. The van der Waals surface area contributed by atoms with E-state index in [1.807, 2.05) is 67.7 Å². The van der Waals surface area contributed by atoms with Crippen LogP contribution in [0.15, 0.2) is 60.7 Å². The van der Waals surface area contributed by atoms with Crippen molar-refractivity contribution < 1.29 is 14.3 Å². The molecule has 0 atom stereocenters. The summed E-state index contributed by atoms with van der Waals surface area (Å²) < 4.78 is 11.7. The standard InChI is InChI=1S/C29H36N2O3/c1-7-15-31(5)26-17-23(13-14-27(26)33-6)30-29(32)25-18-24(20(2)3)21(4)16-28(25)34-19-22-11-9-8-10-12-22/h8-14,16-18,20H,7,15,19H2,1-6H3,(H,30,32). The second-order valence-corrected chi connectivity index (χ2v) is 8.90. The number of methoxy groups -OCH3 is 1. The summed E-state index contributed by atoms with van der Waals surface area (Å²) in [6, 6.07) is 19.6. The third kappa shape index (κ3) is 6.10. The van der Waals surface area contributed by atoms with E-state index >= 15 is 0 Å². The summed E-state index contributed by atoms with van der Waals surface area (Å²) in [6.45, 7) is 9.75. The Morgan fingerprint density at radius 2 is 1.76 bits per heavy atom. The monoisotopic (exact) mass is 460 g/mol. The summed E-state index contributed by atoms with van der Waals surface area (Å²) in [4.78, 5) is 15.6. The number of nitrogens with one attached hydrogen (secondary N) is 1. The molecule has 1 amide bonds. The Morgan fingerprint density at radius 3 is 2.41 bits per heavy atom. The van der Waals surface area contributed by atoms with E-state index < -0.39 is 0 Å². The van der Waals surface area contributed by atoms with Gasteiger partial charge >= 0.3 is 0 Å². The lowest BCUT2D eigenvalue weighted by atomic mass is 9.95. The molecular weight excluding hydrogens is 424 g/mol. The van der Waals surface area contributed by atoms with Gasteiger partial charge in [0.15, 0.2) is 0 Å². The predicted molar refractivity (Wildman–Crippen MR) is 141 cm³/mol. The molecule has 0 spiro atoms. The summed E-state index contributed by atoms with van der Waals surface area (Å²) in [5, 5.41) is 3.07. The number of hydrogen-bond acceptors (Lipinski definition) is 4. The third-order valence-corrected chi connectivity index (χ3v) is 5.88. The van der Waals surface area contributed by atoms with Gasteiger partial charge < -0.3 is 19.7 Å². The Morgan fingerprint density at radius 1 is 1.03 bits per heavy atom. The van der Waals surface area contributed by atoms with Gasteiger partial charge in [0.2, 0.25) is 0 Å². The zero-order chi connectivity index (χ0) is 24.7. The van der Waals surface area contributed by atoms with Crippen molar-refractivity contribution in [2.75, 3.05) is 30.9 Å². The molecule has 0 bridgehead atoms. The summed E-state index contributed by atoms with van der Waals surface area (Å²) >= 11 is 0. The van der Waals surface area contributed by atoms with Crippen molar-refractivity contribution in [1.82, 2.24) is 0 Å². The number of benzene rings is 3. The highest BCUT2D eigenvalue weighted by molar-refractivity contribution is 6.06. The third-order valence-electron chi connectivity index (χ3n) is 5.88. The normalized spacial score (nSPS) is 10.8. The first-order valence-corrected chi connectivity index (χ1v) is 11.9. The number of ether oxygens (including phenoxy) is 2. The molecule has 0 aliphatic rings. The van der Waals surface area contributed by atoms with Gasteiger partial charge in [0.25, 0.3) is 5.91 Å². The molecule has 34 heavy (non-hydrogen) atoms. The predicted octanol–water partition coefficient (Wildman–Crippen LogP) is 6.80. The molecule has 5 heteroatoms. The van der Waals surface area contributed by atoms with Crippen LogP contribution in [-0.2, 0) is 6.61 Å². The quantitative estimate of drug-likeness (QED) is 0.361. The van der Waals surface area contributed by atoms with Crippen molar-refractivity contribution in [3.05, 3.63) is 82.9 Å². The van der Waals surface area contributed by atoms with Gasteiger partial charge in [-0.25, -0.2) is 0 Å². The van der Waals surface area contributed by atoms with Crippen molar-refractivity contribution in [3.63, 3.8) is 0 Å². The maximum Gasteiger partial charge on any atom is 0.259 e. The molecule has 0 fully saturated rings. The maximum atomic E-state index is 13.5. The van der Waals surface area contributed by atoms with Gasteiger partial charge in [-0.2, -0.15) is 0 Å². The van der Waals surface area contributed by atoms with Crippen LogP contribution in [0.25, 0.3) is 0 Å². The minimum Gasteiger partial charge on any atom is -0.495 e. The van der Waals surface area contributed by atoms with Crippen LogP contribution in [-0.4, -0.2) is 26.6 Å². The molecule has 3 aromatic carbocycles. The van der Waals surface area contributed by atoms with Gasteiger partial charge in [-0.3, -0.25) is 4.79 Å². The molecule has 0 aromatic heterocycles. The van der Waals surface area contributed by atoms with Gasteiger partial charge in [0.05, 0.1) is 18.4 Å². The first kappa shape index (κ1) is 25.2. The number of carbonyl (C=O) groups excluding carboxylic acids is 1. The zero-order valence-electron chi connectivity index (χ0n) is 21.1. The average Bonchev–Trinajstić information content (AvgIpc) is 2.83. The van der Waals surface area contributed by atoms with Crippen LogP contribution in [0.3, 0.4) is 0 Å². The first-order chi connectivity index (χ1) is 16.3. The fourth-order valence-corrected chi connectivity index (χ4v) is 4.07. The molecule has 0 radical (unpaired) electrons. The molecule has 5 nitrogen and oxygen atoms in total. The van der Waals surface area contributed by atoms with Crippen LogP contribution in [0.2, 0.25) is 0 Å². The van der Waals surface area contributed by atoms with E-state index in [2.05, 4.69) is 37.9 Å². The lowest BCUT2D eigenvalue weighted by Crippen LogP contribution is -2.19. The molecule has 0 saturated heterocycles. The molecule has 0 aliphatic carbocycles. The number of nitrogens with zero attached hydrogens (tertiary/aromatic N) is 1. The van der Waals surface area contributed by atoms with Gasteiger partial charge in [-0.05, 0) is 66.3 Å². The van der Waals surface area contributed by atoms with E-state index in [0.717, 1.165) is 41.1 Å². The van der Waals surface area contributed by atoms with Crippen LogP contribution in [0.4, 0.5) is 11.4 Å². The highest BCUT2D eigenvalue weighted by Crippen LogP contribution is 2.33.